The van der Waals surface area contributed by atoms with E-state index in [0.717, 1.165) is 0 Å². The van der Waals surface area contributed by atoms with Gasteiger partial charge in [0.25, 0.3) is 0 Å². The van der Waals surface area contributed by atoms with Gasteiger partial charge >= 0.3 is 5.97 Å². The van der Waals surface area contributed by atoms with Gasteiger partial charge in [0.15, 0.2) is 5.69 Å². The molecule has 88 valence electrons. The third-order valence-electron chi connectivity index (χ3n) is 1.89. The van der Waals surface area contributed by atoms with Crippen LogP contribution in [0.1, 0.15) is 24.3 Å². The number of carbonyl (C=O) groups is 1. The van der Waals surface area contributed by atoms with Gasteiger partial charge < -0.3 is 15.2 Å². The molecule has 0 saturated heterocycles. The third-order valence-corrected chi connectivity index (χ3v) is 1.89. The van der Waals surface area contributed by atoms with Crippen molar-refractivity contribution < 1.29 is 14.6 Å². The first-order chi connectivity index (χ1) is 7.48. The predicted octanol–water partition coefficient (Wildman–Crippen LogP) is 0.446. The van der Waals surface area contributed by atoms with E-state index < -0.39 is 11.5 Å². The summed E-state index contributed by atoms with van der Waals surface area (Å²) >= 11 is 0. The van der Waals surface area contributed by atoms with Gasteiger partial charge in [0.1, 0.15) is 5.82 Å². The number of methoxy groups -OCH3 is 1. The molecule has 0 aliphatic heterocycles. The average Bonchev–Trinajstić information content (AvgIpc) is 2.28. The first-order valence-corrected chi connectivity index (χ1v) is 4.78. The topological polar surface area (TPSA) is 84.3 Å². The summed E-state index contributed by atoms with van der Waals surface area (Å²) in [6.45, 7) is 3.55. The number of anilines is 1. The van der Waals surface area contributed by atoms with Gasteiger partial charge in [-0.2, -0.15) is 0 Å². The minimum atomic E-state index is -0.544. The van der Waals surface area contributed by atoms with Crippen LogP contribution in [0.4, 0.5) is 5.82 Å². The van der Waals surface area contributed by atoms with Crippen molar-refractivity contribution >= 4 is 11.8 Å². The molecule has 1 aromatic rings. The number of rotatable bonds is 4. The Bertz CT molecular complexity index is 379. The second-order valence-electron chi connectivity index (χ2n) is 3.95. The molecule has 0 spiro atoms. The van der Waals surface area contributed by atoms with Crippen LogP contribution in [-0.4, -0.2) is 40.3 Å². The van der Waals surface area contributed by atoms with E-state index in [1.807, 2.05) is 0 Å². The number of hydrogen-bond acceptors (Lipinski definition) is 6. The van der Waals surface area contributed by atoms with Crippen molar-refractivity contribution in [1.29, 1.82) is 0 Å². The lowest BCUT2D eigenvalue weighted by Gasteiger charge is -2.23. The number of aliphatic hydroxyl groups is 1. The summed E-state index contributed by atoms with van der Waals surface area (Å²) in [5, 5.41) is 12.0. The zero-order valence-electron chi connectivity index (χ0n) is 9.52. The molecule has 1 aromatic heterocycles. The summed E-state index contributed by atoms with van der Waals surface area (Å²) in [6, 6.07) is 0. The Morgan fingerprint density at radius 3 is 2.81 bits per heavy atom. The van der Waals surface area contributed by atoms with Crippen molar-refractivity contribution in [3.63, 3.8) is 0 Å². The van der Waals surface area contributed by atoms with Crippen molar-refractivity contribution in [3.8, 4) is 0 Å². The van der Waals surface area contributed by atoms with Crippen LogP contribution in [0.3, 0.4) is 0 Å². The molecule has 0 aliphatic rings. The van der Waals surface area contributed by atoms with E-state index in [2.05, 4.69) is 20.0 Å². The molecule has 1 rings (SSSR count). The molecule has 0 amide bonds. The van der Waals surface area contributed by atoms with Crippen molar-refractivity contribution in [3.05, 3.63) is 18.1 Å². The highest BCUT2D eigenvalue weighted by Crippen LogP contribution is 2.11. The maximum atomic E-state index is 11.2. The summed E-state index contributed by atoms with van der Waals surface area (Å²) in [4.78, 5) is 19.1. The number of esters is 1. The van der Waals surface area contributed by atoms with Crippen molar-refractivity contribution in [1.82, 2.24) is 9.97 Å². The molecule has 6 heteroatoms. The first kappa shape index (κ1) is 12.4. The van der Waals surface area contributed by atoms with E-state index in [9.17, 15) is 4.79 Å². The highest BCUT2D eigenvalue weighted by Gasteiger charge is 2.17. The van der Waals surface area contributed by atoms with Gasteiger partial charge in [-0.15, -0.1) is 0 Å². The Hall–Kier alpha value is -1.69. The fourth-order valence-electron chi connectivity index (χ4n) is 1.02. The van der Waals surface area contributed by atoms with Crippen molar-refractivity contribution in [2.45, 2.75) is 19.4 Å². The maximum absolute atomic E-state index is 11.2. The van der Waals surface area contributed by atoms with Crippen molar-refractivity contribution in [2.75, 3.05) is 19.0 Å². The van der Waals surface area contributed by atoms with Crippen LogP contribution in [0.2, 0.25) is 0 Å². The van der Waals surface area contributed by atoms with E-state index in [4.69, 9.17) is 5.11 Å². The van der Waals surface area contributed by atoms with Crippen LogP contribution in [0, 0.1) is 0 Å². The molecule has 0 fully saturated rings. The highest BCUT2D eigenvalue weighted by molar-refractivity contribution is 5.87. The average molecular weight is 225 g/mol. The smallest absolute Gasteiger partial charge is 0.358 e. The normalized spacial score (nSPS) is 11.0. The van der Waals surface area contributed by atoms with E-state index in [1.54, 1.807) is 13.8 Å². The molecule has 1 heterocycles. The quantitative estimate of drug-likeness (QED) is 0.723. The number of ether oxygens (including phenoxy) is 1. The number of aliphatic hydroxyl groups excluding tert-OH is 1. The Kier molecular flexibility index (Phi) is 3.78. The van der Waals surface area contributed by atoms with E-state index in [1.165, 1.54) is 19.5 Å². The van der Waals surface area contributed by atoms with Gasteiger partial charge in [0.2, 0.25) is 0 Å². The van der Waals surface area contributed by atoms with Gasteiger partial charge in [-0.1, -0.05) is 0 Å². The number of carbonyl (C=O) groups excluding carboxylic acids is 1. The minimum absolute atomic E-state index is 0.0584. The molecule has 0 bridgehead atoms. The first-order valence-electron chi connectivity index (χ1n) is 4.78. The van der Waals surface area contributed by atoms with Gasteiger partial charge in [0, 0.05) is 0 Å². The lowest BCUT2D eigenvalue weighted by Crippen LogP contribution is -2.35. The number of nitrogens with zero attached hydrogens (tertiary/aromatic N) is 2. The molecular formula is C10H15N3O3. The minimum Gasteiger partial charge on any atom is -0.464 e. The number of hydrogen-bond donors (Lipinski definition) is 2. The molecular weight excluding hydrogens is 210 g/mol. The monoisotopic (exact) mass is 225 g/mol. The van der Waals surface area contributed by atoms with Gasteiger partial charge in [-0.05, 0) is 13.8 Å². The van der Waals surface area contributed by atoms with Crippen LogP contribution >= 0.6 is 0 Å². The second-order valence-corrected chi connectivity index (χ2v) is 3.95. The molecule has 0 radical (unpaired) electrons. The van der Waals surface area contributed by atoms with Gasteiger partial charge in [0.05, 0.1) is 31.6 Å². The van der Waals surface area contributed by atoms with E-state index in [-0.39, 0.29) is 12.3 Å². The maximum Gasteiger partial charge on any atom is 0.358 e. The molecule has 0 unspecified atom stereocenters. The summed E-state index contributed by atoms with van der Waals surface area (Å²) in [5.41, 5.74) is -0.398. The summed E-state index contributed by atoms with van der Waals surface area (Å²) in [5.74, 6) is -0.125. The summed E-state index contributed by atoms with van der Waals surface area (Å²) in [7, 11) is 1.28. The molecule has 0 aromatic carbocycles. The molecule has 0 saturated carbocycles. The van der Waals surface area contributed by atoms with Crippen LogP contribution < -0.4 is 5.32 Å². The second kappa shape index (κ2) is 4.89. The van der Waals surface area contributed by atoms with Gasteiger partial charge in [-0.25, -0.2) is 9.78 Å². The molecule has 6 nitrogen and oxygen atoms in total. The molecule has 2 N–H and O–H groups in total. The number of nitrogens with one attached hydrogen (secondary N) is 1. The SMILES string of the molecule is COC(=O)c1cncc(NC(C)(C)CO)n1. The van der Waals surface area contributed by atoms with Crippen LogP contribution in [0.15, 0.2) is 12.4 Å². The fraction of sp³-hybridized carbons (Fsp3) is 0.500. The third kappa shape index (κ3) is 3.16. The van der Waals surface area contributed by atoms with E-state index >= 15 is 0 Å². The zero-order valence-corrected chi connectivity index (χ0v) is 9.52. The summed E-state index contributed by atoms with van der Waals surface area (Å²) < 4.78 is 4.53. The lowest BCUT2D eigenvalue weighted by molar-refractivity contribution is 0.0593. The van der Waals surface area contributed by atoms with Crippen molar-refractivity contribution in [2.24, 2.45) is 0 Å². The summed E-state index contributed by atoms with van der Waals surface area (Å²) in [6.07, 6.45) is 2.80. The highest BCUT2D eigenvalue weighted by atomic mass is 16.5. The standard InChI is InChI=1S/C10H15N3O3/c1-10(2,6-14)13-8-5-11-4-7(12-8)9(15)16-3/h4-5,14H,6H2,1-3H3,(H,12,13). The molecule has 0 atom stereocenters. The number of aromatic nitrogens is 2. The Morgan fingerprint density at radius 2 is 2.25 bits per heavy atom. The van der Waals surface area contributed by atoms with Gasteiger partial charge in [-0.3, -0.25) is 4.98 Å². The fourth-order valence-corrected chi connectivity index (χ4v) is 1.02. The predicted molar refractivity (Wildman–Crippen MR) is 58.2 cm³/mol. The van der Waals surface area contributed by atoms with Crippen LogP contribution in [0.25, 0.3) is 0 Å². The Balaban J connectivity index is 2.87. The molecule has 16 heavy (non-hydrogen) atoms. The van der Waals surface area contributed by atoms with Crippen LogP contribution in [-0.2, 0) is 4.74 Å². The van der Waals surface area contributed by atoms with E-state index in [0.29, 0.717) is 5.82 Å². The Labute approximate surface area is 93.7 Å². The van der Waals surface area contributed by atoms with Crippen LogP contribution in [0.5, 0.6) is 0 Å². The lowest BCUT2D eigenvalue weighted by atomic mass is 10.1. The Morgan fingerprint density at radius 1 is 1.56 bits per heavy atom. The largest absolute Gasteiger partial charge is 0.464 e. The zero-order chi connectivity index (χ0) is 12.2. The molecule has 0 aliphatic carbocycles.